The Hall–Kier alpha value is -0.630. The van der Waals surface area contributed by atoms with Gasteiger partial charge in [0.05, 0.1) is 4.90 Å². The van der Waals surface area contributed by atoms with Crippen LogP contribution in [0.3, 0.4) is 0 Å². The molecule has 0 aromatic heterocycles. The van der Waals surface area contributed by atoms with Crippen molar-refractivity contribution >= 4 is 31.6 Å². The maximum Gasteiger partial charge on any atom is 0.240 e. The fourth-order valence-electron chi connectivity index (χ4n) is 2.79. The molecule has 1 atom stereocenters. The summed E-state index contributed by atoms with van der Waals surface area (Å²) >= 11 is 3.26. The minimum Gasteiger partial charge on any atom is -0.398 e. The number of sulfonamides is 1. The molecule has 1 saturated heterocycles. The highest BCUT2D eigenvalue weighted by molar-refractivity contribution is 9.10. The lowest BCUT2D eigenvalue weighted by Crippen LogP contribution is -2.31. The standard InChI is InChI=1S/C14H20BrN3O2S/c15-13-7-12(3-4-14(13)16)21(19,20)17-8-10-5-6-18(9-10)11-1-2-11/h3-4,7,10-11,17H,1-2,5-6,8-9,16H2. The number of anilines is 1. The van der Waals surface area contributed by atoms with Gasteiger partial charge in [-0.1, -0.05) is 0 Å². The number of halogens is 1. The van der Waals surface area contributed by atoms with Gasteiger partial charge in [0.25, 0.3) is 0 Å². The molecule has 0 bridgehead atoms. The zero-order chi connectivity index (χ0) is 15.0. The lowest BCUT2D eigenvalue weighted by Gasteiger charge is -2.15. The smallest absolute Gasteiger partial charge is 0.240 e. The predicted octanol–water partition coefficient (Wildman–Crippen LogP) is 1.79. The zero-order valence-corrected chi connectivity index (χ0v) is 14.2. The molecule has 0 radical (unpaired) electrons. The average molecular weight is 374 g/mol. The van der Waals surface area contributed by atoms with Gasteiger partial charge in [-0.3, -0.25) is 0 Å². The van der Waals surface area contributed by atoms with Crippen LogP contribution in [0, 0.1) is 5.92 Å². The molecule has 1 saturated carbocycles. The van der Waals surface area contributed by atoms with Crippen molar-refractivity contribution in [1.82, 2.24) is 9.62 Å². The number of nitrogens with one attached hydrogen (secondary N) is 1. The largest absolute Gasteiger partial charge is 0.398 e. The molecule has 7 heteroatoms. The van der Waals surface area contributed by atoms with Gasteiger partial charge in [0.15, 0.2) is 0 Å². The van der Waals surface area contributed by atoms with Gasteiger partial charge < -0.3 is 10.6 Å². The van der Waals surface area contributed by atoms with Gasteiger partial charge in [0.2, 0.25) is 10.0 Å². The molecule has 3 rings (SSSR count). The summed E-state index contributed by atoms with van der Waals surface area (Å²) in [6, 6.07) is 5.44. The van der Waals surface area contributed by atoms with Crippen LogP contribution in [-0.4, -0.2) is 39.0 Å². The number of rotatable bonds is 5. The summed E-state index contributed by atoms with van der Waals surface area (Å²) in [5.41, 5.74) is 6.22. The quantitative estimate of drug-likeness (QED) is 0.771. The van der Waals surface area contributed by atoms with Crippen molar-refractivity contribution in [1.29, 1.82) is 0 Å². The van der Waals surface area contributed by atoms with Crippen LogP contribution >= 0.6 is 15.9 Å². The molecule has 1 unspecified atom stereocenters. The zero-order valence-electron chi connectivity index (χ0n) is 11.8. The minimum absolute atomic E-state index is 0.251. The molecule has 3 N–H and O–H groups in total. The predicted molar refractivity (Wildman–Crippen MR) is 86.4 cm³/mol. The maximum absolute atomic E-state index is 12.3. The molecule has 0 spiro atoms. The van der Waals surface area contributed by atoms with Crippen molar-refractivity contribution in [3.63, 3.8) is 0 Å². The van der Waals surface area contributed by atoms with Gasteiger partial charge in [-0.05, 0) is 65.9 Å². The fraction of sp³-hybridized carbons (Fsp3) is 0.571. The number of benzene rings is 1. The molecule has 1 aliphatic carbocycles. The van der Waals surface area contributed by atoms with Crippen molar-refractivity contribution < 1.29 is 8.42 Å². The normalized spacial score (nSPS) is 23.6. The van der Waals surface area contributed by atoms with Crippen LogP contribution in [-0.2, 0) is 10.0 Å². The van der Waals surface area contributed by atoms with E-state index < -0.39 is 10.0 Å². The third-order valence-electron chi connectivity index (χ3n) is 4.22. The molecule has 1 aromatic rings. The van der Waals surface area contributed by atoms with E-state index in [0.29, 0.717) is 22.6 Å². The minimum atomic E-state index is -3.46. The number of likely N-dealkylation sites (tertiary alicyclic amines) is 1. The van der Waals surface area contributed by atoms with Gasteiger partial charge in [0.1, 0.15) is 0 Å². The highest BCUT2D eigenvalue weighted by atomic mass is 79.9. The van der Waals surface area contributed by atoms with Gasteiger partial charge in [-0.25, -0.2) is 13.1 Å². The maximum atomic E-state index is 12.3. The monoisotopic (exact) mass is 373 g/mol. The first-order valence-electron chi connectivity index (χ1n) is 7.24. The van der Waals surface area contributed by atoms with E-state index in [1.165, 1.54) is 18.9 Å². The van der Waals surface area contributed by atoms with E-state index in [4.69, 9.17) is 5.73 Å². The average Bonchev–Trinajstić information content (AvgIpc) is 3.19. The first-order valence-corrected chi connectivity index (χ1v) is 9.52. The molecular formula is C14H20BrN3O2S. The third-order valence-corrected chi connectivity index (χ3v) is 6.33. The Morgan fingerprint density at radius 2 is 2.10 bits per heavy atom. The molecule has 2 fully saturated rings. The summed E-state index contributed by atoms with van der Waals surface area (Å²) in [5, 5.41) is 0. The second-order valence-electron chi connectivity index (χ2n) is 5.92. The Morgan fingerprint density at radius 3 is 2.76 bits per heavy atom. The fourth-order valence-corrected chi connectivity index (χ4v) is 4.46. The van der Waals surface area contributed by atoms with E-state index >= 15 is 0 Å². The summed E-state index contributed by atoms with van der Waals surface area (Å²) < 4.78 is 27.9. The molecule has 5 nitrogen and oxygen atoms in total. The van der Waals surface area contributed by atoms with E-state index in [1.807, 2.05) is 0 Å². The van der Waals surface area contributed by atoms with E-state index in [2.05, 4.69) is 25.6 Å². The van der Waals surface area contributed by atoms with Crippen molar-refractivity contribution in [2.75, 3.05) is 25.4 Å². The van der Waals surface area contributed by atoms with E-state index in [0.717, 1.165) is 25.6 Å². The first kappa shape index (κ1) is 15.3. The topological polar surface area (TPSA) is 75.4 Å². The summed E-state index contributed by atoms with van der Waals surface area (Å²) in [4.78, 5) is 2.74. The van der Waals surface area contributed by atoms with Crippen LogP contribution < -0.4 is 10.5 Å². The second-order valence-corrected chi connectivity index (χ2v) is 8.54. The van der Waals surface area contributed by atoms with E-state index in [-0.39, 0.29) is 4.90 Å². The Kier molecular flexibility index (Phi) is 4.27. The Labute approximate surface area is 134 Å². The SMILES string of the molecule is Nc1ccc(S(=O)(=O)NCC2CCN(C3CC3)C2)cc1Br. The van der Waals surface area contributed by atoms with E-state index in [9.17, 15) is 8.42 Å². The molecule has 0 amide bonds. The summed E-state index contributed by atoms with van der Waals surface area (Å²) in [6.45, 7) is 2.62. The van der Waals surface area contributed by atoms with Crippen LogP contribution in [0.4, 0.5) is 5.69 Å². The number of hydrogen-bond acceptors (Lipinski definition) is 4. The summed E-state index contributed by atoms with van der Waals surface area (Å²) in [5.74, 6) is 0.414. The third kappa shape index (κ3) is 3.59. The number of hydrogen-bond donors (Lipinski definition) is 2. The first-order chi connectivity index (χ1) is 9.95. The van der Waals surface area contributed by atoms with Crippen LogP contribution in [0.2, 0.25) is 0 Å². The molecule has 21 heavy (non-hydrogen) atoms. The molecule has 1 heterocycles. The highest BCUT2D eigenvalue weighted by Crippen LogP contribution is 2.31. The van der Waals surface area contributed by atoms with Gasteiger partial charge in [-0.2, -0.15) is 0 Å². The van der Waals surface area contributed by atoms with Crippen molar-refractivity contribution in [2.45, 2.75) is 30.2 Å². The summed E-state index contributed by atoms with van der Waals surface area (Å²) in [7, 11) is -3.46. The number of nitrogens with two attached hydrogens (primary N) is 1. The van der Waals surface area contributed by atoms with Gasteiger partial charge >= 0.3 is 0 Å². The van der Waals surface area contributed by atoms with Gasteiger partial charge in [0, 0.05) is 29.3 Å². The highest BCUT2D eigenvalue weighted by Gasteiger charge is 2.34. The lowest BCUT2D eigenvalue weighted by atomic mass is 10.1. The lowest BCUT2D eigenvalue weighted by molar-refractivity contribution is 0.314. The molecule has 1 aliphatic heterocycles. The molecule has 2 aliphatic rings. The Bertz CT molecular complexity index is 631. The van der Waals surface area contributed by atoms with Crippen molar-refractivity contribution in [3.05, 3.63) is 22.7 Å². The van der Waals surface area contributed by atoms with Crippen LogP contribution in [0.5, 0.6) is 0 Å². The van der Waals surface area contributed by atoms with Crippen LogP contribution in [0.25, 0.3) is 0 Å². The van der Waals surface area contributed by atoms with Crippen molar-refractivity contribution in [3.8, 4) is 0 Å². The van der Waals surface area contributed by atoms with Crippen LogP contribution in [0.1, 0.15) is 19.3 Å². The van der Waals surface area contributed by atoms with E-state index in [1.54, 1.807) is 12.1 Å². The molecule has 116 valence electrons. The second kappa shape index (κ2) is 5.87. The Balaban J connectivity index is 1.59. The number of nitrogens with zero attached hydrogens (tertiary/aromatic N) is 1. The molecule has 1 aromatic carbocycles. The van der Waals surface area contributed by atoms with Gasteiger partial charge in [-0.15, -0.1) is 0 Å². The Morgan fingerprint density at radius 1 is 1.33 bits per heavy atom. The van der Waals surface area contributed by atoms with Crippen LogP contribution in [0.15, 0.2) is 27.6 Å². The molecular weight excluding hydrogens is 354 g/mol. The number of nitrogen functional groups attached to an aromatic ring is 1. The summed E-state index contributed by atoms with van der Waals surface area (Å²) in [6.07, 6.45) is 3.68. The van der Waals surface area contributed by atoms with Crippen molar-refractivity contribution in [2.24, 2.45) is 5.92 Å².